The summed E-state index contributed by atoms with van der Waals surface area (Å²) >= 11 is 1.33. The van der Waals surface area contributed by atoms with E-state index in [1.807, 2.05) is 23.6 Å². The maximum atomic E-state index is 12.4. The van der Waals surface area contributed by atoms with Crippen LogP contribution in [-0.2, 0) is 11.3 Å². The molecule has 0 fully saturated rings. The fourth-order valence-electron chi connectivity index (χ4n) is 2.60. The molecule has 0 atom stereocenters. The molecule has 3 rings (SSSR count). The van der Waals surface area contributed by atoms with Gasteiger partial charge in [-0.25, -0.2) is 0 Å². The zero-order valence-corrected chi connectivity index (χ0v) is 16.7. The Bertz CT molecular complexity index is 924. The molecule has 146 valence electrons. The molecule has 0 radical (unpaired) electrons. The smallest absolute Gasteiger partial charge is 0.234 e. The summed E-state index contributed by atoms with van der Waals surface area (Å²) in [5.41, 5.74) is 1.49. The van der Waals surface area contributed by atoms with Crippen molar-refractivity contribution in [3.05, 3.63) is 42.7 Å². The van der Waals surface area contributed by atoms with E-state index in [9.17, 15) is 4.79 Å². The minimum absolute atomic E-state index is 0.158. The normalized spacial score (nSPS) is 10.5. The highest BCUT2D eigenvalue weighted by Crippen LogP contribution is 2.27. The Labute approximate surface area is 167 Å². The third-order valence-electron chi connectivity index (χ3n) is 3.92. The second-order valence-corrected chi connectivity index (χ2v) is 6.67. The minimum Gasteiger partial charge on any atom is -0.497 e. The number of benzene rings is 1. The third-order valence-corrected chi connectivity index (χ3v) is 4.89. The van der Waals surface area contributed by atoms with Crippen molar-refractivity contribution in [3.8, 4) is 22.9 Å². The molecule has 0 bridgehead atoms. The highest BCUT2D eigenvalue weighted by atomic mass is 32.2. The SMILES string of the molecule is CCn1c(SCC(=O)Nc2cc(OC)cc(OC)c2)nnc1-c1cccnc1. The molecule has 8 nitrogen and oxygen atoms in total. The lowest BCUT2D eigenvalue weighted by atomic mass is 10.2. The molecule has 0 saturated carbocycles. The van der Waals surface area contributed by atoms with Crippen molar-refractivity contribution in [1.29, 1.82) is 0 Å². The summed E-state index contributed by atoms with van der Waals surface area (Å²) in [7, 11) is 3.13. The molecule has 0 unspecified atom stereocenters. The van der Waals surface area contributed by atoms with Crippen molar-refractivity contribution in [1.82, 2.24) is 19.7 Å². The summed E-state index contributed by atoms with van der Waals surface area (Å²) < 4.78 is 12.4. The fourth-order valence-corrected chi connectivity index (χ4v) is 3.40. The molecule has 9 heteroatoms. The second-order valence-electron chi connectivity index (χ2n) is 5.73. The van der Waals surface area contributed by atoms with Crippen molar-refractivity contribution >= 4 is 23.4 Å². The summed E-state index contributed by atoms with van der Waals surface area (Å²) in [4.78, 5) is 16.5. The van der Waals surface area contributed by atoms with Gasteiger partial charge in [0, 0.05) is 48.4 Å². The molecule has 2 heterocycles. The second kappa shape index (κ2) is 9.23. The van der Waals surface area contributed by atoms with Crippen LogP contribution in [0, 0.1) is 0 Å². The number of hydrogen-bond acceptors (Lipinski definition) is 7. The highest BCUT2D eigenvalue weighted by Gasteiger charge is 2.15. The number of nitrogens with zero attached hydrogens (tertiary/aromatic N) is 4. The summed E-state index contributed by atoms with van der Waals surface area (Å²) in [6, 6.07) is 9.00. The van der Waals surface area contributed by atoms with Gasteiger partial charge >= 0.3 is 0 Å². The highest BCUT2D eigenvalue weighted by molar-refractivity contribution is 7.99. The van der Waals surface area contributed by atoms with Gasteiger partial charge in [0.05, 0.1) is 20.0 Å². The van der Waals surface area contributed by atoms with Crippen LogP contribution in [0.5, 0.6) is 11.5 Å². The standard InChI is InChI=1S/C19H21N5O3S/c1-4-24-18(13-6-5-7-20-11-13)22-23-19(24)28-12-17(25)21-14-8-15(26-2)10-16(9-14)27-3/h5-11H,4,12H2,1-3H3,(H,21,25). The molecular weight excluding hydrogens is 378 g/mol. The lowest BCUT2D eigenvalue weighted by Gasteiger charge is -2.10. The number of nitrogens with one attached hydrogen (secondary N) is 1. The van der Waals surface area contributed by atoms with Crippen LogP contribution in [-0.4, -0.2) is 45.6 Å². The third kappa shape index (κ3) is 4.61. The van der Waals surface area contributed by atoms with E-state index in [0.29, 0.717) is 28.9 Å². The largest absolute Gasteiger partial charge is 0.497 e. The van der Waals surface area contributed by atoms with Crippen molar-refractivity contribution in [3.63, 3.8) is 0 Å². The molecule has 0 aliphatic carbocycles. The molecule has 0 aliphatic heterocycles. The average Bonchev–Trinajstić information content (AvgIpc) is 3.15. The average molecular weight is 399 g/mol. The number of rotatable bonds is 8. The lowest BCUT2D eigenvalue weighted by Crippen LogP contribution is -2.14. The molecule has 1 amide bonds. The number of pyridine rings is 1. The van der Waals surface area contributed by atoms with Gasteiger partial charge in [0.15, 0.2) is 11.0 Å². The molecule has 0 saturated heterocycles. The zero-order valence-electron chi connectivity index (χ0n) is 15.9. The summed E-state index contributed by atoms with van der Waals surface area (Å²) in [6.07, 6.45) is 3.46. The van der Waals surface area contributed by atoms with Gasteiger partial charge in [0.1, 0.15) is 11.5 Å². The first kappa shape index (κ1) is 19.7. The summed E-state index contributed by atoms with van der Waals surface area (Å²) in [5, 5.41) is 12.0. The Morgan fingerprint density at radius 1 is 1.18 bits per heavy atom. The van der Waals surface area contributed by atoms with Crippen LogP contribution < -0.4 is 14.8 Å². The number of amides is 1. The molecule has 0 spiro atoms. The number of thioether (sulfide) groups is 1. The van der Waals surface area contributed by atoms with Gasteiger partial charge in [-0.1, -0.05) is 11.8 Å². The van der Waals surface area contributed by atoms with Crippen molar-refractivity contribution in [2.45, 2.75) is 18.6 Å². The molecule has 1 aromatic carbocycles. The Morgan fingerprint density at radius 2 is 1.93 bits per heavy atom. The van der Waals surface area contributed by atoms with Gasteiger partial charge in [-0.05, 0) is 19.1 Å². The molecule has 28 heavy (non-hydrogen) atoms. The van der Waals surface area contributed by atoms with E-state index in [0.717, 1.165) is 11.4 Å². The Balaban J connectivity index is 1.68. The first-order chi connectivity index (χ1) is 13.6. The van der Waals surface area contributed by atoms with Gasteiger partial charge in [0.2, 0.25) is 5.91 Å². The first-order valence-electron chi connectivity index (χ1n) is 8.64. The number of aromatic nitrogens is 4. The Kier molecular flexibility index (Phi) is 6.49. The van der Waals surface area contributed by atoms with E-state index in [1.54, 1.807) is 44.8 Å². The van der Waals surface area contributed by atoms with Gasteiger partial charge < -0.3 is 19.4 Å². The van der Waals surface area contributed by atoms with E-state index >= 15 is 0 Å². The number of ether oxygens (including phenoxy) is 2. The molecular formula is C19H21N5O3S. The molecule has 1 N–H and O–H groups in total. The molecule has 3 aromatic rings. The first-order valence-corrected chi connectivity index (χ1v) is 9.62. The van der Waals surface area contributed by atoms with Gasteiger partial charge in [-0.2, -0.15) is 0 Å². The fraction of sp³-hybridized carbons (Fsp3) is 0.263. The van der Waals surface area contributed by atoms with Crippen LogP contribution in [0.4, 0.5) is 5.69 Å². The van der Waals surface area contributed by atoms with E-state index in [1.165, 1.54) is 11.8 Å². The van der Waals surface area contributed by atoms with Crippen LogP contribution in [0.2, 0.25) is 0 Å². The Morgan fingerprint density at radius 3 is 2.54 bits per heavy atom. The monoisotopic (exact) mass is 399 g/mol. The van der Waals surface area contributed by atoms with Gasteiger partial charge in [-0.15, -0.1) is 10.2 Å². The van der Waals surface area contributed by atoms with Crippen molar-refractivity contribution < 1.29 is 14.3 Å². The Hall–Kier alpha value is -3.07. The number of methoxy groups -OCH3 is 2. The maximum Gasteiger partial charge on any atom is 0.234 e. The predicted octanol–water partition coefficient (Wildman–Crippen LogP) is 3.11. The lowest BCUT2D eigenvalue weighted by molar-refractivity contribution is -0.113. The number of anilines is 1. The van der Waals surface area contributed by atoms with Crippen LogP contribution in [0.1, 0.15) is 6.92 Å². The van der Waals surface area contributed by atoms with Crippen molar-refractivity contribution in [2.24, 2.45) is 0 Å². The summed E-state index contributed by atoms with van der Waals surface area (Å²) in [5.74, 6) is 1.98. The topological polar surface area (TPSA) is 91.2 Å². The van der Waals surface area contributed by atoms with Crippen molar-refractivity contribution in [2.75, 3.05) is 25.3 Å². The zero-order chi connectivity index (χ0) is 19.9. The van der Waals surface area contributed by atoms with E-state index in [4.69, 9.17) is 9.47 Å². The van der Waals surface area contributed by atoms with Gasteiger partial charge in [-0.3, -0.25) is 9.78 Å². The summed E-state index contributed by atoms with van der Waals surface area (Å²) in [6.45, 7) is 2.70. The van der Waals surface area contributed by atoms with Crippen LogP contribution in [0.25, 0.3) is 11.4 Å². The van der Waals surface area contributed by atoms with Gasteiger partial charge in [0.25, 0.3) is 0 Å². The number of hydrogen-bond donors (Lipinski definition) is 1. The minimum atomic E-state index is -0.158. The van der Waals surface area contributed by atoms with E-state index in [2.05, 4.69) is 20.5 Å². The predicted molar refractivity (Wildman–Crippen MR) is 108 cm³/mol. The van der Waals surface area contributed by atoms with Crippen LogP contribution in [0.15, 0.2) is 47.9 Å². The maximum absolute atomic E-state index is 12.4. The number of carbonyl (C=O) groups is 1. The quantitative estimate of drug-likeness (QED) is 0.582. The van der Waals surface area contributed by atoms with Crippen LogP contribution >= 0.6 is 11.8 Å². The number of carbonyl (C=O) groups excluding carboxylic acids is 1. The van der Waals surface area contributed by atoms with E-state index < -0.39 is 0 Å². The van der Waals surface area contributed by atoms with Crippen LogP contribution in [0.3, 0.4) is 0 Å². The van der Waals surface area contributed by atoms with E-state index in [-0.39, 0.29) is 11.7 Å². The molecule has 0 aliphatic rings. The molecule has 2 aromatic heterocycles.